The lowest BCUT2D eigenvalue weighted by molar-refractivity contribution is -0.147. The predicted octanol–water partition coefficient (Wildman–Crippen LogP) is 2.69. The molecule has 0 saturated carbocycles. The van der Waals surface area contributed by atoms with Gasteiger partial charge < -0.3 is 19.0 Å². The number of halogens is 1. The Balaban J connectivity index is 2.21. The summed E-state index contributed by atoms with van der Waals surface area (Å²) in [5.74, 6) is -0.641. The molecular weight excluding hydrogens is 317 g/mol. The van der Waals surface area contributed by atoms with Gasteiger partial charge in [0.1, 0.15) is 30.0 Å². The molecule has 0 radical (unpaired) electrons. The van der Waals surface area contributed by atoms with Gasteiger partial charge in [0.25, 0.3) is 0 Å². The Bertz CT molecular complexity index is 605. The van der Waals surface area contributed by atoms with Crippen molar-refractivity contribution in [2.75, 3.05) is 20.3 Å². The molecule has 0 bridgehead atoms. The first-order valence-electron chi connectivity index (χ1n) is 7.92. The van der Waals surface area contributed by atoms with Crippen molar-refractivity contribution in [1.29, 1.82) is 0 Å². The van der Waals surface area contributed by atoms with Crippen LogP contribution in [-0.4, -0.2) is 44.2 Å². The lowest BCUT2D eigenvalue weighted by Gasteiger charge is -2.18. The summed E-state index contributed by atoms with van der Waals surface area (Å²) in [6, 6.07) is 4.00. The van der Waals surface area contributed by atoms with Gasteiger partial charge in [0, 0.05) is 12.2 Å². The van der Waals surface area contributed by atoms with Crippen LogP contribution in [0.25, 0.3) is 0 Å². The molecular formula is C17H22FNO5. The van der Waals surface area contributed by atoms with E-state index in [0.29, 0.717) is 23.6 Å². The number of oxime groups is 1. The van der Waals surface area contributed by atoms with Crippen LogP contribution in [0.5, 0.6) is 5.75 Å². The molecule has 0 fully saturated rings. The Hall–Kier alpha value is -2.15. The summed E-state index contributed by atoms with van der Waals surface area (Å²) in [6.07, 6.45) is 0.691. The molecule has 132 valence electrons. The molecule has 7 heteroatoms. The smallest absolute Gasteiger partial charge is 0.346 e. The maximum Gasteiger partial charge on any atom is 0.346 e. The maximum atomic E-state index is 13.7. The van der Waals surface area contributed by atoms with E-state index in [1.54, 1.807) is 6.92 Å². The summed E-state index contributed by atoms with van der Waals surface area (Å²) >= 11 is 0. The molecule has 0 aliphatic carbocycles. The van der Waals surface area contributed by atoms with E-state index in [2.05, 4.69) is 16.8 Å². The number of methoxy groups -OCH3 is 1. The van der Waals surface area contributed by atoms with Crippen molar-refractivity contribution in [3.63, 3.8) is 0 Å². The second-order valence-corrected chi connectivity index (χ2v) is 5.41. The monoisotopic (exact) mass is 339 g/mol. The maximum absolute atomic E-state index is 13.7. The first-order chi connectivity index (χ1) is 11.6. The molecule has 0 aromatic heterocycles. The van der Waals surface area contributed by atoms with Gasteiger partial charge in [0.05, 0.1) is 7.11 Å². The van der Waals surface area contributed by atoms with Crippen molar-refractivity contribution in [1.82, 2.24) is 0 Å². The number of hydrogen-bond donors (Lipinski definition) is 0. The van der Waals surface area contributed by atoms with Crippen LogP contribution in [0.4, 0.5) is 4.39 Å². The highest BCUT2D eigenvalue weighted by atomic mass is 19.1. The summed E-state index contributed by atoms with van der Waals surface area (Å²) in [5.41, 5.74) is 0.863. The standard InChI is InChI=1S/C17H22FNO5/c1-4-5-8-22-15-10-23-19-16(15)13-9-12(18)6-7-14(13)24-11(2)17(20)21-3/h6-7,9,11,15H,4-5,8,10H2,1-3H3. The van der Waals surface area contributed by atoms with Crippen molar-refractivity contribution < 1.29 is 28.2 Å². The predicted molar refractivity (Wildman–Crippen MR) is 85.6 cm³/mol. The number of benzene rings is 1. The van der Waals surface area contributed by atoms with Gasteiger partial charge >= 0.3 is 5.97 Å². The molecule has 0 amide bonds. The first-order valence-corrected chi connectivity index (χ1v) is 7.92. The van der Waals surface area contributed by atoms with Gasteiger partial charge in [-0.3, -0.25) is 0 Å². The largest absolute Gasteiger partial charge is 0.478 e. The van der Waals surface area contributed by atoms with Gasteiger partial charge in [0.2, 0.25) is 0 Å². The molecule has 6 nitrogen and oxygen atoms in total. The number of carbonyl (C=O) groups is 1. The number of hydrogen-bond acceptors (Lipinski definition) is 6. The van der Waals surface area contributed by atoms with Crippen molar-refractivity contribution in [3.8, 4) is 5.75 Å². The van der Waals surface area contributed by atoms with E-state index in [9.17, 15) is 9.18 Å². The van der Waals surface area contributed by atoms with Crippen LogP contribution in [0.2, 0.25) is 0 Å². The third kappa shape index (κ3) is 4.44. The van der Waals surface area contributed by atoms with E-state index in [0.717, 1.165) is 12.8 Å². The Morgan fingerprint density at radius 3 is 3.00 bits per heavy atom. The zero-order chi connectivity index (χ0) is 17.5. The lowest BCUT2D eigenvalue weighted by Crippen LogP contribution is -2.28. The Kier molecular flexibility index (Phi) is 6.54. The fourth-order valence-electron chi connectivity index (χ4n) is 2.24. The Morgan fingerprint density at radius 1 is 1.50 bits per heavy atom. The van der Waals surface area contributed by atoms with Crippen LogP contribution in [-0.2, 0) is 19.1 Å². The van der Waals surface area contributed by atoms with Crippen LogP contribution in [0.3, 0.4) is 0 Å². The molecule has 2 rings (SSSR count). The third-order valence-corrected chi connectivity index (χ3v) is 3.57. The average molecular weight is 339 g/mol. The van der Waals surface area contributed by atoms with E-state index in [-0.39, 0.29) is 6.61 Å². The summed E-state index contributed by atoms with van der Waals surface area (Å²) in [7, 11) is 1.28. The number of carbonyl (C=O) groups excluding carboxylic acids is 1. The van der Waals surface area contributed by atoms with Gasteiger partial charge in [-0.2, -0.15) is 0 Å². The van der Waals surface area contributed by atoms with Crippen LogP contribution in [0.1, 0.15) is 32.3 Å². The molecule has 1 aromatic rings. The molecule has 1 aromatic carbocycles. The van der Waals surface area contributed by atoms with Crippen molar-refractivity contribution in [3.05, 3.63) is 29.6 Å². The second-order valence-electron chi connectivity index (χ2n) is 5.41. The minimum absolute atomic E-state index is 0.265. The Labute approximate surface area is 140 Å². The van der Waals surface area contributed by atoms with Gasteiger partial charge in [0.15, 0.2) is 6.10 Å². The molecule has 0 N–H and O–H groups in total. The quantitative estimate of drug-likeness (QED) is 0.538. The van der Waals surface area contributed by atoms with Gasteiger partial charge in [-0.15, -0.1) is 0 Å². The first kappa shape index (κ1) is 18.2. The lowest BCUT2D eigenvalue weighted by atomic mass is 10.0. The SMILES string of the molecule is CCCCOC1CON=C1c1cc(F)ccc1OC(C)C(=O)OC. The Morgan fingerprint density at radius 2 is 2.29 bits per heavy atom. The summed E-state index contributed by atoms with van der Waals surface area (Å²) in [5, 5.41) is 3.97. The van der Waals surface area contributed by atoms with Gasteiger partial charge in [-0.25, -0.2) is 9.18 Å². The summed E-state index contributed by atoms with van der Waals surface area (Å²) in [4.78, 5) is 16.7. The second kappa shape index (κ2) is 8.63. The molecule has 1 aliphatic rings. The van der Waals surface area contributed by atoms with Gasteiger partial charge in [-0.05, 0) is 31.5 Å². The number of nitrogens with zero attached hydrogens (tertiary/aromatic N) is 1. The highest BCUT2D eigenvalue weighted by molar-refractivity contribution is 6.06. The van der Waals surface area contributed by atoms with Crippen molar-refractivity contribution in [2.45, 2.75) is 38.9 Å². The molecule has 1 heterocycles. The summed E-state index contributed by atoms with van der Waals surface area (Å²) < 4.78 is 29.7. The highest BCUT2D eigenvalue weighted by Gasteiger charge is 2.29. The molecule has 2 unspecified atom stereocenters. The van der Waals surface area contributed by atoms with Crippen molar-refractivity contribution >= 4 is 11.7 Å². The van der Waals surface area contributed by atoms with Crippen LogP contribution < -0.4 is 4.74 Å². The van der Waals surface area contributed by atoms with E-state index < -0.39 is 24.0 Å². The van der Waals surface area contributed by atoms with E-state index >= 15 is 0 Å². The van der Waals surface area contributed by atoms with Crippen LogP contribution in [0, 0.1) is 5.82 Å². The van der Waals surface area contributed by atoms with E-state index in [1.807, 2.05) is 0 Å². The average Bonchev–Trinajstić information content (AvgIpc) is 3.04. The number of ether oxygens (including phenoxy) is 3. The molecule has 1 aliphatic heterocycles. The summed E-state index contributed by atoms with van der Waals surface area (Å²) in [6.45, 7) is 4.45. The van der Waals surface area contributed by atoms with E-state index in [1.165, 1.54) is 25.3 Å². The third-order valence-electron chi connectivity index (χ3n) is 3.57. The minimum atomic E-state index is -0.832. The minimum Gasteiger partial charge on any atom is -0.478 e. The number of rotatable bonds is 8. The number of esters is 1. The van der Waals surface area contributed by atoms with Crippen molar-refractivity contribution in [2.24, 2.45) is 5.16 Å². The number of unbranched alkanes of at least 4 members (excludes halogenated alkanes) is 1. The molecule has 0 saturated heterocycles. The molecule has 24 heavy (non-hydrogen) atoms. The van der Waals surface area contributed by atoms with Crippen LogP contribution >= 0.6 is 0 Å². The van der Waals surface area contributed by atoms with Gasteiger partial charge in [-0.1, -0.05) is 18.5 Å². The van der Waals surface area contributed by atoms with Crippen LogP contribution in [0.15, 0.2) is 23.4 Å². The zero-order valence-electron chi connectivity index (χ0n) is 14.1. The fraction of sp³-hybridized carbons (Fsp3) is 0.529. The zero-order valence-corrected chi connectivity index (χ0v) is 14.1. The van der Waals surface area contributed by atoms with E-state index in [4.69, 9.17) is 14.3 Å². The highest BCUT2D eigenvalue weighted by Crippen LogP contribution is 2.26. The normalized spacial score (nSPS) is 17.8. The topological polar surface area (TPSA) is 66.3 Å². The molecule has 0 spiro atoms. The fourth-order valence-corrected chi connectivity index (χ4v) is 2.24. The molecule has 2 atom stereocenters.